The molecule has 2 aromatic carbocycles. The van der Waals surface area contributed by atoms with E-state index in [0.29, 0.717) is 12.1 Å². The number of nitrogens with one attached hydrogen (secondary N) is 1. The maximum atomic E-state index is 13.8. The van der Waals surface area contributed by atoms with E-state index in [0.717, 1.165) is 36.7 Å². The predicted molar refractivity (Wildman–Crippen MR) is 73.7 cm³/mol. The van der Waals surface area contributed by atoms with Crippen LogP contribution in [-0.4, -0.2) is 6.54 Å². The van der Waals surface area contributed by atoms with Crippen LogP contribution < -0.4 is 5.32 Å². The Kier molecular flexibility index (Phi) is 4.79. The zero-order valence-corrected chi connectivity index (χ0v) is 11.2. The van der Waals surface area contributed by atoms with Crippen molar-refractivity contribution in [2.24, 2.45) is 0 Å². The number of hydrogen-bond donors (Lipinski definition) is 1. The monoisotopic (exact) mass is 279 g/mol. The standard InChI is InChI=1S/C16H16F3N/c1-2-7-20-10-11-3-4-12(17)8-14(11)15-9-13(18)5-6-16(15)19/h3-6,8-9,20H,2,7,10H2,1H3. The fourth-order valence-electron chi connectivity index (χ4n) is 2.06. The van der Waals surface area contributed by atoms with E-state index in [1.54, 1.807) is 6.07 Å². The van der Waals surface area contributed by atoms with Gasteiger partial charge in [-0.1, -0.05) is 13.0 Å². The second-order valence-corrected chi connectivity index (χ2v) is 4.60. The lowest BCUT2D eigenvalue weighted by Crippen LogP contribution is -2.14. The summed E-state index contributed by atoms with van der Waals surface area (Å²) in [5.74, 6) is -1.57. The van der Waals surface area contributed by atoms with E-state index >= 15 is 0 Å². The van der Waals surface area contributed by atoms with Crippen molar-refractivity contribution in [1.82, 2.24) is 5.32 Å². The van der Waals surface area contributed by atoms with Crippen molar-refractivity contribution in [3.8, 4) is 11.1 Å². The van der Waals surface area contributed by atoms with E-state index in [9.17, 15) is 13.2 Å². The van der Waals surface area contributed by atoms with Gasteiger partial charge in [-0.3, -0.25) is 0 Å². The Hall–Kier alpha value is -1.81. The molecule has 20 heavy (non-hydrogen) atoms. The molecule has 106 valence electrons. The van der Waals surface area contributed by atoms with Crippen molar-refractivity contribution >= 4 is 0 Å². The first-order valence-corrected chi connectivity index (χ1v) is 6.56. The van der Waals surface area contributed by atoms with Gasteiger partial charge in [0.1, 0.15) is 17.5 Å². The first-order chi connectivity index (χ1) is 9.61. The molecule has 0 fully saturated rings. The van der Waals surface area contributed by atoms with Gasteiger partial charge < -0.3 is 5.32 Å². The second kappa shape index (κ2) is 6.57. The van der Waals surface area contributed by atoms with Crippen LogP contribution in [0.15, 0.2) is 36.4 Å². The van der Waals surface area contributed by atoms with Gasteiger partial charge in [-0.25, -0.2) is 13.2 Å². The molecule has 0 amide bonds. The minimum absolute atomic E-state index is 0.0813. The lowest BCUT2D eigenvalue weighted by atomic mass is 9.98. The first kappa shape index (κ1) is 14.6. The summed E-state index contributed by atoms with van der Waals surface area (Å²) < 4.78 is 40.6. The minimum atomic E-state index is -0.561. The maximum Gasteiger partial charge on any atom is 0.131 e. The molecule has 0 atom stereocenters. The van der Waals surface area contributed by atoms with E-state index in [-0.39, 0.29) is 5.56 Å². The molecule has 0 bridgehead atoms. The van der Waals surface area contributed by atoms with Crippen LogP contribution in [0.25, 0.3) is 11.1 Å². The topological polar surface area (TPSA) is 12.0 Å². The molecule has 1 N–H and O–H groups in total. The van der Waals surface area contributed by atoms with Crippen LogP contribution in [0.4, 0.5) is 13.2 Å². The highest BCUT2D eigenvalue weighted by molar-refractivity contribution is 5.68. The number of benzene rings is 2. The van der Waals surface area contributed by atoms with E-state index in [2.05, 4.69) is 5.32 Å². The molecule has 0 aliphatic heterocycles. The summed E-state index contributed by atoms with van der Waals surface area (Å²) in [5.41, 5.74) is 1.20. The number of halogens is 3. The molecule has 0 aliphatic rings. The zero-order chi connectivity index (χ0) is 14.5. The van der Waals surface area contributed by atoms with Crippen molar-refractivity contribution in [2.75, 3.05) is 6.54 Å². The zero-order valence-electron chi connectivity index (χ0n) is 11.2. The van der Waals surface area contributed by atoms with Crippen molar-refractivity contribution in [3.05, 3.63) is 59.4 Å². The molecule has 0 radical (unpaired) electrons. The Labute approximate surface area is 116 Å². The van der Waals surface area contributed by atoms with E-state index in [1.807, 2.05) is 6.92 Å². The summed E-state index contributed by atoms with van der Waals surface area (Å²) >= 11 is 0. The third kappa shape index (κ3) is 3.39. The van der Waals surface area contributed by atoms with Gasteiger partial charge in [0.25, 0.3) is 0 Å². The molecule has 2 aromatic rings. The Morgan fingerprint density at radius 2 is 1.55 bits per heavy atom. The van der Waals surface area contributed by atoms with Crippen LogP contribution in [0, 0.1) is 17.5 Å². The van der Waals surface area contributed by atoms with Crippen molar-refractivity contribution in [2.45, 2.75) is 19.9 Å². The summed E-state index contributed by atoms with van der Waals surface area (Å²) in [6, 6.07) is 7.35. The Morgan fingerprint density at radius 3 is 2.25 bits per heavy atom. The summed E-state index contributed by atoms with van der Waals surface area (Å²) in [6.45, 7) is 3.33. The van der Waals surface area contributed by atoms with Gasteiger partial charge in [-0.05, 0) is 54.4 Å². The summed E-state index contributed by atoms with van der Waals surface area (Å²) in [7, 11) is 0. The number of hydrogen-bond acceptors (Lipinski definition) is 1. The third-order valence-corrected chi connectivity index (χ3v) is 3.03. The van der Waals surface area contributed by atoms with E-state index in [4.69, 9.17) is 0 Å². The Morgan fingerprint density at radius 1 is 0.900 bits per heavy atom. The van der Waals surface area contributed by atoms with Crippen LogP contribution in [0.3, 0.4) is 0 Å². The second-order valence-electron chi connectivity index (χ2n) is 4.60. The molecule has 0 spiro atoms. The predicted octanol–water partition coefficient (Wildman–Crippen LogP) is 4.27. The molecule has 4 heteroatoms. The molecule has 0 aliphatic carbocycles. The maximum absolute atomic E-state index is 13.8. The molecular formula is C16H16F3N. The molecule has 1 nitrogen and oxygen atoms in total. The van der Waals surface area contributed by atoms with Crippen LogP contribution in [0.5, 0.6) is 0 Å². The highest BCUT2D eigenvalue weighted by atomic mass is 19.1. The van der Waals surface area contributed by atoms with E-state index < -0.39 is 17.5 Å². The summed E-state index contributed by atoms with van der Waals surface area (Å²) in [5, 5.41) is 3.18. The van der Waals surface area contributed by atoms with Crippen LogP contribution in [0.2, 0.25) is 0 Å². The highest BCUT2D eigenvalue weighted by Crippen LogP contribution is 2.28. The van der Waals surface area contributed by atoms with Crippen molar-refractivity contribution in [3.63, 3.8) is 0 Å². The van der Waals surface area contributed by atoms with Gasteiger partial charge in [0.05, 0.1) is 0 Å². The summed E-state index contributed by atoms with van der Waals surface area (Å²) in [6.07, 6.45) is 0.963. The van der Waals surface area contributed by atoms with Crippen LogP contribution >= 0.6 is 0 Å². The fourth-order valence-corrected chi connectivity index (χ4v) is 2.06. The van der Waals surface area contributed by atoms with Crippen molar-refractivity contribution < 1.29 is 13.2 Å². The van der Waals surface area contributed by atoms with Crippen LogP contribution in [0.1, 0.15) is 18.9 Å². The highest BCUT2D eigenvalue weighted by Gasteiger charge is 2.12. The third-order valence-electron chi connectivity index (χ3n) is 3.03. The Balaban J connectivity index is 2.42. The number of rotatable bonds is 5. The average molecular weight is 279 g/mol. The molecule has 0 saturated heterocycles. The van der Waals surface area contributed by atoms with Gasteiger partial charge in [0.2, 0.25) is 0 Å². The molecule has 0 aromatic heterocycles. The SMILES string of the molecule is CCCNCc1ccc(F)cc1-c1cc(F)ccc1F. The lowest BCUT2D eigenvalue weighted by Gasteiger charge is -2.12. The van der Waals surface area contributed by atoms with Gasteiger partial charge in [-0.2, -0.15) is 0 Å². The van der Waals surface area contributed by atoms with Gasteiger partial charge >= 0.3 is 0 Å². The van der Waals surface area contributed by atoms with E-state index in [1.165, 1.54) is 12.1 Å². The smallest absolute Gasteiger partial charge is 0.131 e. The molecule has 0 heterocycles. The fraction of sp³-hybridized carbons (Fsp3) is 0.250. The lowest BCUT2D eigenvalue weighted by molar-refractivity contribution is 0.601. The van der Waals surface area contributed by atoms with Gasteiger partial charge in [0.15, 0.2) is 0 Å². The molecule has 0 unspecified atom stereocenters. The molecule has 2 rings (SSSR count). The first-order valence-electron chi connectivity index (χ1n) is 6.56. The Bertz CT molecular complexity index is 596. The summed E-state index contributed by atoms with van der Waals surface area (Å²) in [4.78, 5) is 0. The van der Waals surface area contributed by atoms with Gasteiger partial charge in [0, 0.05) is 12.1 Å². The molecular weight excluding hydrogens is 263 g/mol. The largest absolute Gasteiger partial charge is 0.313 e. The van der Waals surface area contributed by atoms with Crippen molar-refractivity contribution in [1.29, 1.82) is 0 Å². The average Bonchev–Trinajstić information content (AvgIpc) is 2.43. The molecule has 0 saturated carbocycles. The van der Waals surface area contributed by atoms with Gasteiger partial charge in [-0.15, -0.1) is 0 Å². The normalized spacial score (nSPS) is 10.8. The quantitative estimate of drug-likeness (QED) is 0.806. The minimum Gasteiger partial charge on any atom is -0.313 e. The van der Waals surface area contributed by atoms with Crippen LogP contribution in [-0.2, 0) is 6.54 Å².